The van der Waals surface area contributed by atoms with E-state index in [1.807, 2.05) is 24.3 Å². The number of hydrogen-bond donors (Lipinski definition) is 2. The number of rotatable bonds is 3. The summed E-state index contributed by atoms with van der Waals surface area (Å²) < 4.78 is 0. The molecule has 1 aliphatic heterocycles. The first kappa shape index (κ1) is 16.7. The van der Waals surface area contributed by atoms with Crippen LogP contribution < -0.4 is 5.32 Å². The van der Waals surface area contributed by atoms with Crippen LogP contribution in [0.3, 0.4) is 0 Å². The molecule has 0 atom stereocenters. The van der Waals surface area contributed by atoms with Crippen molar-refractivity contribution in [3.63, 3.8) is 0 Å². The highest BCUT2D eigenvalue weighted by Gasteiger charge is 2.22. The van der Waals surface area contributed by atoms with Crippen LogP contribution in [0.15, 0.2) is 59.8 Å². The average Bonchev–Trinajstić information content (AvgIpc) is 2.61. The number of hydrogen-bond acceptors (Lipinski definition) is 2. The molecule has 0 spiro atoms. The summed E-state index contributed by atoms with van der Waals surface area (Å²) in [4.78, 5) is 2.09. The van der Waals surface area contributed by atoms with Crippen LogP contribution in [-0.4, -0.2) is 29.2 Å². The minimum absolute atomic E-state index is 0.482. The highest BCUT2D eigenvalue weighted by atomic mass is 35.5. The Morgan fingerprint density at radius 1 is 1.12 bits per heavy atom. The lowest BCUT2D eigenvalue weighted by atomic mass is 9.90. The van der Waals surface area contributed by atoms with Gasteiger partial charge in [0, 0.05) is 23.8 Å². The Morgan fingerprint density at radius 3 is 2.54 bits per heavy atom. The lowest BCUT2D eigenvalue weighted by Crippen LogP contribution is -2.42. The zero-order valence-electron chi connectivity index (χ0n) is 13.5. The maximum absolute atomic E-state index is 9.36. The summed E-state index contributed by atoms with van der Waals surface area (Å²) in [6, 6.07) is 18.0. The van der Waals surface area contributed by atoms with E-state index in [9.17, 15) is 5.21 Å². The van der Waals surface area contributed by atoms with E-state index in [1.54, 1.807) is 0 Å². The zero-order valence-corrected chi connectivity index (χ0v) is 14.3. The van der Waals surface area contributed by atoms with Crippen LogP contribution in [0.2, 0.25) is 5.02 Å². The standard InChI is InChI=1S/C19H22ClN3O/c20-17-7-4-8-18(14-17)21-19(22-24)23-11-9-16(10-12-23)13-15-5-2-1-3-6-15/h1-8,14,16,24H,9-13H2,(H,21,22). The predicted molar refractivity (Wildman–Crippen MR) is 98.7 cm³/mol. The van der Waals surface area contributed by atoms with Crippen LogP contribution in [0.4, 0.5) is 5.69 Å². The van der Waals surface area contributed by atoms with E-state index < -0.39 is 0 Å². The molecular weight excluding hydrogens is 322 g/mol. The van der Waals surface area contributed by atoms with Crippen molar-refractivity contribution in [2.24, 2.45) is 11.1 Å². The molecule has 0 bridgehead atoms. The van der Waals surface area contributed by atoms with Crippen LogP contribution >= 0.6 is 11.6 Å². The number of anilines is 1. The second-order valence-corrected chi connectivity index (χ2v) is 6.62. The van der Waals surface area contributed by atoms with Gasteiger partial charge >= 0.3 is 0 Å². The summed E-state index contributed by atoms with van der Waals surface area (Å²) in [5, 5.41) is 16.6. The number of nitrogens with zero attached hydrogens (tertiary/aromatic N) is 2. The number of guanidine groups is 1. The zero-order chi connectivity index (χ0) is 16.8. The van der Waals surface area contributed by atoms with Gasteiger partial charge in [-0.2, -0.15) is 0 Å². The number of benzene rings is 2. The Morgan fingerprint density at radius 2 is 1.88 bits per heavy atom. The van der Waals surface area contributed by atoms with Crippen molar-refractivity contribution in [2.45, 2.75) is 19.3 Å². The van der Waals surface area contributed by atoms with E-state index in [4.69, 9.17) is 11.6 Å². The van der Waals surface area contributed by atoms with Gasteiger partial charge in [-0.05, 0) is 48.9 Å². The van der Waals surface area contributed by atoms with Gasteiger partial charge in [0.05, 0.1) is 0 Å². The van der Waals surface area contributed by atoms with Crippen molar-refractivity contribution in [2.75, 3.05) is 18.4 Å². The molecule has 1 saturated heterocycles. The van der Waals surface area contributed by atoms with Gasteiger partial charge in [-0.15, -0.1) is 0 Å². The van der Waals surface area contributed by atoms with Crippen molar-refractivity contribution in [3.05, 3.63) is 65.2 Å². The molecule has 1 heterocycles. The first-order chi connectivity index (χ1) is 11.7. The van der Waals surface area contributed by atoms with Crippen molar-refractivity contribution in [1.29, 1.82) is 0 Å². The monoisotopic (exact) mass is 343 g/mol. The predicted octanol–water partition coefficient (Wildman–Crippen LogP) is 4.45. The van der Waals surface area contributed by atoms with Crippen molar-refractivity contribution in [3.8, 4) is 0 Å². The summed E-state index contributed by atoms with van der Waals surface area (Å²) in [6.45, 7) is 1.76. The first-order valence-corrected chi connectivity index (χ1v) is 8.66. The third-order valence-electron chi connectivity index (χ3n) is 4.46. The molecule has 1 fully saturated rings. The van der Waals surface area contributed by atoms with E-state index in [1.165, 1.54) is 5.56 Å². The van der Waals surface area contributed by atoms with E-state index in [0.717, 1.165) is 38.0 Å². The molecule has 24 heavy (non-hydrogen) atoms. The van der Waals surface area contributed by atoms with Gasteiger partial charge in [0.25, 0.3) is 0 Å². The lowest BCUT2D eigenvalue weighted by molar-refractivity contribution is 0.247. The van der Waals surface area contributed by atoms with Gasteiger partial charge in [0.15, 0.2) is 0 Å². The van der Waals surface area contributed by atoms with Crippen LogP contribution in [0.25, 0.3) is 0 Å². The number of nitrogens with one attached hydrogen (secondary N) is 1. The smallest absolute Gasteiger partial charge is 0.240 e. The van der Waals surface area contributed by atoms with Gasteiger partial charge in [-0.3, -0.25) is 0 Å². The topological polar surface area (TPSA) is 47.9 Å². The maximum atomic E-state index is 9.36. The van der Waals surface area contributed by atoms with Gasteiger partial charge in [0.2, 0.25) is 5.96 Å². The maximum Gasteiger partial charge on any atom is 0.240 e. The molecule has 0 saturated carbocycles. The molecule has 2 aromatic carbocycles. The normalized spacial score (nSPS) is 16.2. The van der Waals surface area contributed by atoms with Crippen LogP contribution in [0.5, 0.6) is 0 Å². The Bertz CT molecular complexity index is 682. The minimum atomic E-state index is 0.482. The van der Waals surface area contributed by atoms with Crippen LogP contribution in [0.1, 0.15) is 18.4 Å². The fourth-order valence-corrected chi connectivity index (χ4v) is 3.35. The van der Waals surface area contributed by atoms with Crippen LogP contribution in [0, 0.1) is 5.92 Å². The van der Waals surface area contributed by atoms with E-state index in [2.05, 4.69) is 45.7 Å². The average molecular weight is 344 g/mol. The molecule has 0 amide bonds. The summed E-state index contributed by atoms with van der Waals surface area (Å²) in [5.74, 6) is 1.16. The summed E-state index contributed by atoms with van der Waals surface area (Å²) >= 11 is 6.00. The number of likely N-dealkylation sites (tertiary alicyclic amines) is 1. The van der Waals surface area contributed by atoms with Gasteiger partial charge in [-0.1, -0.05) is 53.2 Å². The SMILES string of the molecule is O/N=C(\Nc1cccc(Cl)c1)N1CCC(Cc2ccccc2)CC1. The Labute approximate surface area is 147 Å². The second-order valence-electron chi connectivity index (χ2n) is 6.18. The molecule has 5 heteroatoms. The molecule has 4 nitrogen and oxygen atoms in total. The number of piperidine rings is 1. The van der Waals surface area contributed by atoms with Crippen molar-refractivity contribution >= 4 is 23.2 Å². The Hall–Kier alpha value is -2.20. The Balaban J connectivity index is 1.55. The molecule has 1 aliphatic rings. The van der Waals surface area contributed by atoms with Gasteiger partial charge in [-0.25, -0.2) is 0 Å². The van der Waals surface area contributed by atoms with E-state index >= 15 is 0 Å². The van der Waals surface area contributed by atoms with Crippen molar-refractivity contribution < 1.29 is 5.21 Å². The molecule has 3 rings (SSSR count). The van der Waals surface area contributed by atoms with E-state index in [0.29, 0.717) is 16.9 Å². The minimum Gasteiger partial charge on any atom is -0.408 e. The lowest BCUT2D eigenvalue weighted by Gasteiger charge is -2.33. The first-order valence-electron chi connectivity index (χ1n) is 8.28. The van der Waals surface area contributed by atoms with Gasteiger partial charge < -0.3 is 15.4 Å². The van der Waals surface area contributed by atoms with E-state index in [-0.39, 0.29) is 0 Å². The largest absolute Gasteiger partial charge is 0.408 e. The highest BCUT2D eigenvalue weighted by molar-refractivity contribution is 6.30. The summed E-state index contributed by atoms with van der Waals surface area (Å²) in [7, 11) is 0. The fraction of sp³-hybridized carbons (Fsp3) is 0.316. The molecule has 0 aromatic heterocycles. The molecular formula is C19H22ClN3O. The molecule has 0 unspecified atom stereocenters. The van der Waals surface area contributed by atoms with Gasteiger partial charge in [0.1, 0.15) is 0 Å². The number of oxime groups is 1. The Kier molecular flexibility index (Phi) is 5.59. The molecule has 0 radical (unpaired) electrons. The molecule has 0 aliphatic carbocycles. The molecule has 2 N–H and O–H groups in total. The third kappa shape index (κ3) is 4.42. The molecule has 126 valence electrons. The molecule has 2 aromatic rings. The second kappa shape index (κ2) is 8.06. The highest BCUT2D eigenvalue weighted by Crippen LogP contribution is 2.23. The quantitative estimate of drug-likeness (QED) is 0.374. The summed E-state index contributed by atoms with van der Waals surface area (Å²) in [5.41, 5.74) is 2.21. The number of halogens is 1. The van der Waals surface area contributed by atoms with Crippen molar-refractivity contribution in [1.82, 2.24) is 4.90 Å². The third-order valence-corrected chi connectivity index (χ3v) is 4.69. The summed E-state index contributed by atoms with van der Waals surface area (Å²) in [6.07, 6.45) is 3.29. The van der Waals surface area contributed by atoms with Crippen LogP contribution in [-0.2, 0) is 6.42 Å². The fourth-order valence-electron chi connectivity index (χ4n) is 3.16.